The molecule has 1 heterocycles. The maximum absolute atomic E-state index is 12.2. The van der Waals surface area contributed by atoms with Crippen molar-refractivity contribution < 1.29 is 19.0 Å². The van der Waals surface area contributed by atoms with Gasteiger partial charge in [-0.15, -0.1) is 5.10 Å². The molecule has 0 atom stereocenters. The van der Waals surface area contributed by atoms with Gasteiger partial charge in [0.2, 0.25) is 5.88 Å². The van der Waals surface area contributed by atoms with Gasteiger partial charge in [-0.05, 0) is 24.1 Å². The van der Waals surface area contributed by atoms with E-state index in [1.807, 2.05) is 18.2 Å². The Bertz CT molecular complexity index is 682. The molecule has 23 heavy (non-hydrogen) atoms. The summed E-state index contributed by atoms with van der Waals surface area (Å²) in [5, 5.41) is 6.92. The monoisotopic (exact) mass is 319 g/mol. The molecule has 2 rings (SSSR count). The van der Waals surface area contributed by atoms with Gasteiger partial charge in [0.05, 0.1) is 21.3 Å². The zero-order valence-corrected chi connectivity index (χ0v) is 13.8. The highest BCUT2D eigenvalue weighted by atomic mass is 16.5. The second-order valence-corrected chi connectivity index (χ2v) is 4.92. The fourth-order valence-electron chi connectivity index (χ4n) is 2.23. The first-order valence-corrected chi connectivity index (χ1v) is 7.15. The fraction of sp³-hybridized carbons (Fsp3) is 0.375. The molecule has 0 radical (unpaired) electrons. The summed E-state index contributed by atoms with van der Waals surface area (Å²) in [6, 6.07) is 5.69. The van der Waals surface area contributed by atoms with Gasteiger partial charge in [-0.25, -0.2) is 0 Å². The number of methoxy groups -OCH3 is 3. The number of amides is 1. The van der Waals surface area contributed by atoms with Gasteiger partial charge in [0.25, 0.3) is 5.91 Å². The highest BCUT2D eigenvalue weighted by Crippen LogP contribution is 2.27. The first-order valence-electron chi connectivity index (χ1n) is 7.15. The summed E-state index contributed by atoms with van der Waals surface area (Å²) in [6.45, 7) is 0.492. The molecular formula is C16H21N3O4. The summed E-state index contributed by atoms with van der Waals surface area (Å²) in [6.07, 6.45) is 2.30. The van der Waals surface area contributed by atoms with Gasteiger partial charge in [-0.1, -0.05) is 6.07 Å². The van der Waals surface area contributed by atoms with Crippen molar-refractivity contribution in [3.8, 4) is 17.4 Å². The lowest BCUT2D eigenvalue weighted by molar-refractivity contribution is 0.0951. The van der Waals surface area contributed by atoms with Gasteiger partial charge >= 0.3 is 0 Å². The van der Waals surface area contributed by atoms with Gasteiger partial charge < -0.3 is 19.5 Å². The third kappa shape index (κ3) is 3.94. The second kappa shape index (κ2) is 7.53. The molecule has 0 aliphatic carbocycles. The van der Waals surface area contributed by atoms with E-state index in [4.69, 9.17) is 14.2 Å². The highest BCUT2D eigenvalue weighted by molar-refractivity contribution is 5.96. The zero-order chi connectivity index (χ0) is 16.8. The van der Waals surface area contributed by atoms with Crippen LogP contribution in [0.5, 0.6) is 17.4 Å². The molecule has 0 bridgehead atoms. The Kier molecular flexibility index (Phi) is 5.46. The number of aryl methyl sites for hydroxylation is 1. The van der Waals surface area contributed by atoms with Crippen molar-refractivity contribution in [2.45, 2.75) is 6.42 Å². The van der Waals surface area contributed by atoms with Gasteiger partial charge in [-0.2, -0.15) is 0 Å². The van der Waals surface area contributed by atoms with Crippen LogP contribution in [0.1, 0.15) is 15.9 Å². The molecule has 7 nitrogen and oxygen atoms in total. The first-order chi connectivity index (χ1) is 11.1. The van der Waals surface area contributed by atoms with Gasteiger partial charge in [0.1, 0.15) is 5.56 Å². The van der Waals surface area contributed by atoms with Crippen molar-refractivity contribution >= 4 is 5.91 Å². The Labute approximate surface area is 135 Å². The minimum Gasteiger partial charge on any atom is -0.493 e. The predicted octanol–water partition coefficient (Wildman–Crippen LogP) is 1.42. The smallest absolute Gasteiger partial charge is 0.258 e. The van der Waals surface area contributed by atoms with E-state index in [1.165, 1.54) is 7.11 Å². The van der Waals surface area contributed by atoms with E-state index in [-0.39, 0.29) is 5.91 Å². The summed E-state index contributed by atoms with van der Waals surface area (Å²) in [5.41, 5.74) is 1.46. The molecule has 0 fully saturated rings. The maximum atomic E-state index is 12.2. The molecule has 0 saturated carbocycles. The summed E-state index contributed by atoms with van der Waals surface area (Å²) in [5.74, 6) is 1.46. The zero-order valence-electron chi connectivity index (χ0n) is 13.8. The summed E-state index contributed by atoms with van der Waals surface area (Å²) < 4.78 is 17.1. The van der Waals surface area contributed by atoms with Crippen molar-refractivity contribution in [1.29, 1.82) is 0 Å². The molecule has 0 aliphatic heterocycles. The Morgan fingerprint density at radius 1 is 1.17 bits per heavy atom. The van der Waals surface area contributed by atoms with Crippen molar-refractivity contribution in [1.82, 2.24) is 15.1 Å². The molecule has 1 aromatic carbocycles. The molecule has 1 N–H and O–H groups in total. The molecule has 7 heteroatoms. The molecule has 124 valence electrons. The molecule has 1 amide bonds. The maximum Gasteiger partial charge on any atom is 0.258 e. The van der Waals surface area contributed by atoms with Crippen LogP contribution in [0, 0.1) is 0 Å². The lowest BCUT2D eigenvalue weighted by Crippen LogP contribution is -2.25. The summed E-state index contributed by atoms with van der Waals surface area (Å²) in [7, 11) is 6.42. The predicted molar refractivity (Wildman–Crippen MR) is 85.3 cm³/mol. The summed E-state index contributed by atoms with van der Waals surface area (Å²) >= 11 is 0. The van der Waals surface area contributed by atoms with E-state index in [9.17, 15) is 4.79 Å². The highest BCUT2D eigenvalue weighted by Gasteiger charge is 2.15. The van der Waals surface area contributed by atoms with Crippen LogP contribution in [0.2, 0.25) is 0 Å². The van der Waals surface area contributed by atoms with Crippen molar-refractivity contribution in [3.63, 3.8) is 0 Å². The average Bonchev–Trinajstić information content (AvgIpc) is 2.95. The third-order valence-electron chi connectivity index (χ3n) is 3.38. The largest absolute Gasteiger partial charge is 0.493 e. The van der Waals surface area contributed by atoms with E-state index in [0.29, 0.717) is 35.9 Å². The first kappa shape index (κ1) is 16.7. The van der Waals surface area contributed by atoms with Crippen LogP contribution < -0.4 is 19.5 Å². The number of ether oxygens (including phenoxy) is 3. The van der Waals surface area contributed by atoms with E-state index in [2.05, 4.69) is 10.4 Å². The van der Waals surface area contributed by atoms with Gasteiger partial charge in [0, 0.05) is 19.8 Å². The molecule has 2 aromatic rings. The molecule has 0 aliphatic rings. The van der Waals surface area contributed by atoms with Crippen LogP contribution in [0.25, 0.3) is 0 Å². The quantitative estimate of drug-likeness (QED) is 0.835. The lowest BCUT2D eigenvalue weighted by Gasteiger charge is -2.10. The molecule has 0 unspecified atom stereocenters. The minimum atomic E-state index is -0.213. The molecular weight excluding hydrogens is 298 g/mol. The summed E-state index contributed by atoms with van der Waals surface area (Å²) in [4.78, 5) is 12.2. The lowest BCUT2D eigenvalue weighted by atomic mass is 10.1. The number of benzene rings is 1. The van der Waals surface area contributed by atoms with Crippen LogP contribution in [-0.2, 0) is 13.5 Å². The third-order valence-corrected chi connectivity index (χ3v) is 3.38. The molecule has 1 aromatic heterocycles. The van der Waals surface area contributed by atoms with E-state index in [1.54, 1.807) is 32.1 Å². The van der Waals surface area contributed by atoms with Crippen LogP contribution in [-0.4, -0.2) is 43.6 Å². The van der Waals surface area contributed by atoms with Crippen LogP contribution in [0.4, 0.5) is 0 Å². The van der Waals surface area contributed by atoms with Crippen LogP contribution in [0.15, 0.2) is 24.4 Å². The van der Waals surface area contributed by atoms with E-state index >= 15 is 0 Å². The number of carbonyl (C=O) groups is 1. The normalized spacial score (nSPS) is 10.3. The second-order valence-electron chi connectivity index (χ2n) is 4.92. The standard InChI is InChI=1S/C16H21N3O4/c1-19-10-12(16(18-19)23-4)15(20)17-8-7-11-5-6-13(21-2)14(9-11)22-3/h5-6,9-10H,7-8H2,1-4H3,(H,17,20). The number of hydrogen-bond donors (Lipinski definition) is 1. The average molecular weight is 319 g/mol. The van der Waals surface area contributed by atoms with Crippen molar-refractivity contribution in [2.24, 2.45) is 7.05 Å². The number of nitrogens with zero attached hydrogens (tertiary/aromatic N) is 2. The Morgan fingerprint density at radius 2 is 1.91 bits per heavy atom. The fourth-order valence-corrected chi connectivity index (χ4v) is 2.23. The Balaban J connectivity index is 1.95. The van der Waals surface area contributed by atoms with Crippen LogP contribution >= 0.6 is 0 Å². The number of nitrogens with one attached hydrogen (secondary N) is 1. The SMILES string of the molecule is COc1ccc(CCNC(=O)c2cn(C)nc2OC)cc1OC. The number of aromatic nitrogens is 2. The van der Waals surface area contributed by atoms with Crippen molar-refractivity contribution in [3.05, 3.63) is 35.5 Å². The number of rotatable bonds is 7. The Hall–Kier alpha value is -2.70. The number of carbonyl (C=O) groups excluding carboxylic acids is 1. The molecule has 0 spiro atoms. The number of hydrogen-bond acceptors (Lipinski definition) is 5. The minimum absolute atomic E-state index is 0.213. The van der Waals surface area contributed by atoms with E-state index in [0.717, 1.165) is 5.56 Å². The van der Waals surface area contributed by atoms with Gasteiger partial charge in [0.15, 0.2) is 11.5 Å². The van der Waals surface area contributed by atoms with Crippen molar-refractivity contribution in [2.75, 3.05) is 27.9 Å². The van der Waals surface area contributed by atoms with E-state index < -0.39 is 0 Å². The topological polar surface area (TPSA) is 74.6 Å². The molecule has 0 saturated heterocycles. The van der Waals surface area contributed by atoms with Gasteiger partial charge in [-0.3, -0.25) is 9.48 Å². The van der Waals surface area contributed by atoms with Crippen LogP contribution in [0.3, 0.4) is 0 Å². The Morgan fingerprint density at radius 3 is 2.57 bits per heavy atom.